The number of benzene rings is 2. The fourth-order valence-electron chi connectivity index (χ4n) is 2.24. The molecule has 0 aliphatic rings. The minimum atomic E-state index is -0.707. The number of carbonyl (C=O) groups is 2. The van der Waals surface area contributed by atoms with Crippen LogP contribution in [0.4, 0.5) is 11.4 Å². The molecule has 0 unspecified atom stereocenters. The topological polar surface area (TPSA) is 117 Å². The summed E-state index contributed by atoms with van der Waals surface area (Å²) in [5, 5.41) is 13.5. The second kappa shape index (κ2) is 9.36. The Balaban J connectivity index is 1.95. The Morgan fingerprint density at radius 2 is 1.75 bits per heavy atom. The maximum Gasteiger partial charge on any atom is 0.338 e. The molecule has 0 fully saturated rings. The number of nitro groups is 1. The highest BCUT2D eigenvalue weighted by molar-refractivity contribution is 5.96. The minimum absolute atomic E-state index is 0.00325. The third-order valence-corrected chi connectivity index (χ3v) is 3.47. The van der Waals surface area contributed by atoms with E-state index in [0.717, 1.165) is 0 Å². The Kier molecular flexibility index (Phi) is 6.91. The normalized spacial score (nSPS) is 10.3. The van der Waals surface area contributed by atoms with Gasteiger partial charge >= 0.3 is 5.97 Å². The van der Waals surface area contributed by atoms with E-state index in [-0.39, 0.29) is 28.8 Å². The Labute approximate surface area is 161 Å². The summed E-state index contributed by atoms with van der Waals surface area (Å²) in [6.07, 6.45) is 0.00325. The fourth-order valence-corrected chi connectivity index (χ4v) is 2.24. The molecule has 0 heterocycles. The van der Waals surface area contributed by atoms with Crippen molar-refractivity contribution in [2.24, 2.45) is 0 Å². The average Bonchev–Trinajstić information content (AvgIpc) is 2.66. The molecule has 0 saturated carbocycles. The average molecular weight is 388 g/mol. The number of methoxy groups -OCH3 is 1. The molecule has 1 N–H and O–H groups in total. The van der Waals surface area contributed by atoms with Gasteiger partial charge in [0.15, 0.2) is 6.61 Å². The number of ether oxygens (including phenoxy) is 3. The molecule has 0 bridgehead atoms. The van der Waals surface area contributed by atoms with Crippen LogP contribution in [-0.4, -0.2) is 36.6 Å². The third-order valence-electron chi connectivity index (χ3n) is 3.47. The monoisotopic (exact) mass is 388 g/mol. The van der Waals surface area contributed by atoms with Crippen molar-refractivity contribution in [3.8, 4) is 11.5 Å². The molecule has 9 heteroatoms. The van der Waals surface area contributed by atoms with Crippen LogP contribution in [0, 0.1) is 10.1 Å². The number of hydrogen-bond acceptors (Lipinski definition) is 7. The van der Waals surface area contributed by atoms with E-state index >= 15 is 0 Å². The molecule has 0 atom stereocenters. The van der Waals surface area contributed by atoms with Gasteiger partial charge in [-0.2, -0.15) is 0 Å². The number of esters is 1. The quantitative estimate of drug-likeness (QED) is 0.419. The minimum Gasteiger partial charge on any atom is -0.496 e. The zero-order chi connectivity index (χ0) is 20.7. The van der Waals surface area contributed by atoms with Crippen molar-refractivity contribution in [3.63, 3.8) is 0 Å². The van der Waals surface area contributed by atoms with E-state index in [9.17, 15) is 19.7 Å². The molecule has 0 radical (unpaired) electrons. The molecule has 0 aliphatic carbocycles. The van der Waals surface area contributed by atoms with Crippen LogP contribution in [0.5, 0.6) is 11.5 Å². The summed E-state index contributed by atoms with van der Waals surface area (Å²) in [7, 11) is 1.37. The third kappa shape index (κ3) is 5.70. The summed E-state index contributed by atoms with van der Waals surface area (Å²) in [5.74, 6) is -0.519. The lowest BCUT2D eigenvalue weighted by atomic mass is 10.2. The maximum absolute atomic E-state index is 12.0. The summed E-state index contributed by atoms with van der Waals surface area (Å²) < 4.78 is 15.3. The number of amides is 1. The van der Waals surface area contributed by atoms with Gasteiger partial charge in [0, 0.05) is 0 Å². The van der Waals surface area contributed by atoms with Crippen molar-refractivity contribution < 1.29 is 28.7 Å². The fraction of sp³-hybridized carbons (Fsp3) is 0.263. The van der Waals surface area contributed by atoms with Gasteiger partial charge in [-0.15, -0.1) is 0 Å². The molecule has 2 rings (SSSR count). The summed E-state index contributed by atoms with van der Waals surface area (Å²) in [5.41, 5.74) is -0.110. The highest BCUT2D eigenvalue weighted by Gasteiger charge is 2.18. The number of hydrogen-bond donors (Lipinski definition) is 1. The van der Waals surface area contributed by atoms with Crippen molar-refractivity contribution in [2.45, 2.75) is 20.0 Å². The van der Waals surface area contributed by atoms with Gasteiger partial charge in [-0.3, -0.25) is 14.9 Å². The van der Waals surface area contributed by atoms with Crippen LogP contribution in [0.25, 0.3) is 0 Å². The summed E-state index contributed by atoms with van der Waals surface area (Å²) in [6, 6.07) is 10.3. The molecule has 9 nitrogen and oxygen atoms in total. The smallest absolute Gasteiger partial charge is 0.338 e. The molecular formula is C19H20N2O7. The molecule has 0 aromatic heterocycles. The molecule has 148 valence electrons. The largest absolute Gasteiger partial charge is 0.496 e. The van der Waals surface area contributed by atoms with Crippen molar-refractivity contribution in [2.75, 3.05) is 19.0 Å². The van der Waals surface area contributed by atoms with Crippen molar-refractivity contribution in [1.82, 2.24) is 0 Å². The van der Waals surface area contributed by atoms with Crippen LogP contribution in [0.3, 0.4) is 0 Å². The molecule has 0 spiro atoms. The first kappa shape index (κ1) is 20.7. The summed E-state index contributed by atoms with van der Waals surface area (Å²) in [4.78, 5) is 34.5. The van der Waals surface area contributed by atoms with Crippen molar-refractivity contribution >= 4 is 23.3 Å². The Morgan fingerprint density at radius 3 is 2.32 bits per heavy atom. The molecular weight excluding hydrogens is 368 g/mol. The Hall–Kier alpha value is -3.62. The second-order valence-electron chi connectivity index (χ2n) is 5.96. The number of carbonyl (C=O) groups excluding carboxylic acids is 2. The Morgan fingerprint density at radius 1 is 1.11 bits per heavy atom. The first-order valence-corrected chi connectivity index (χ1v) is 8.36. The molecule has 2 aromatic rings. The number of rotatable bonds is 8. The van der Waals surface area contributed by atoms with Crippen LogP contribution in [0.2, 0.25) is 0 Å². The number of anilines is 1. The molecule has 0 saturated heterocycles. The van der Waals surface area contributed by atoms with Crippen LogP contribution in [0.1, 0.15) is 24.2 Å². The molecule has 28 heavy (non-hydrogen) atoms. The van der Waals surface area contributed by atoms with Crippen LogP contribution in [0.15, 0.2) is 42.5 Å². The maximum atomic E-state index is 12.0. The Bertz CT molecular complexity index is 863. The SMILES string of the molecule is COc1ccc(NC(=O)COC(=O)c2ccc(OC(C)C)cc2)c([N+](=O)[O-])c1. The lowest BCUT2D eigenvalue weighted by Gasteiger charge is -2.10. The first-order valence-electron chi connectivity index (χ1n) is 8.36. The van der Waals surface area contributed by atoms with E-state index in [1.54, 1.807) is 12.1 Å². The van der Waals surface area contributed by atoms with E-state index in [1.807, 2.05) is 13.8 Å². The summed E-state index contributed by atoms with van der Waals surface area (Å²) >= 11 is 0. The number of nitro benzene ring substituents is 1. The van der Waals surface area contributed by atoms with E-state index in [1.165, 1.54) is 37.4 Å². The van der Waals surface area contributed by atoms with Gasteiger partial charge in [0.05, 0.1) is 29.8 Å². The van der Waals surface area contributed by atoms with Gasteiger partial charge in [0.25, 0.3) is 11.6 Å². The molecule has 0 aliphatic heterocycles. The van der Waals surface area contributed by atoms with E-state index in [0.29, 0.717) is 5.75 Å². The summed E-state index contributed by atoms with van der Waals surface area (Å²) in [6.45, 7) is 3.17. The predicted molar refractivity (Wildman–Crippen MR) is 101 cm³/mol. The van der Waals surface area contributed by atoms with E-state index in [4.69, 9.17) is 14.2 Å². The van der Waals surface area contributed by atoms with Crippen LogP contribution < -0.4 is 14.8 Å². The van der Waals surface area contributed by atoms with Gasteiger partial charge in [0.1, 0.15) is 17.2 Å². The molecule has 2 aromatic carbocycles. The second-order valence-corrected chi connectivity index (χ2v) is 5.96. The van der Waals surface area contributed by atoms with Gasteiger partial charge in [0.2, 0.25) is 0 Å². The van der Waals surface area contributed by atoms with Gasteiger partial charge < -0.3 is 19.5 Å². The van der Waals surface area contributed by atoms with Gasteiger partial charge in [-0.05, 0) is 50.2 Å². The van der Waals surface area contributed by atoms with Crippen molar-refractivity contribution in [1.29, 1.82) is 0 Å². The van der Waals surface area contributed by atoms with Gasteiger partial charge in [-0.25, -0.2) is 4.79 Å². The van der Waals surface area contributed by atoms with E-state index < -0.39 is 23.4 Å². The standard InChI is InChI=1S/C19H20N2O7/c1-12(2)28-14-6-4-13(5-7-14)19(23)27-11-18(22)20-16-9-8-15(26-3)10-17(16)21(24)25/h4-10,12H,11H2,1-3H3,(H,20,22). The number of nitrogens with one attached hydrogen (secondary N) is 1. The highest BCUT2D eigenvalue weighted by Crippen LogP contribution is 2.28. The zero-order valence-corrected chi connectivity index (χ0v) is 15.6. The zero-order valence-electron chi connectivity index (χ0n) is 15.6. The number of nitrogens with zero attached hydrogens (tertiary/aromatic N) is 1. The van der Waals surface area contributed by atoms with Crippen LogP contribution in [-0.2, 0) is 9.53 Å². The van der Waals surface area contributed by atoms with Crippen molar-refractivity contribution in [3.05, 3.63) is 58.1 Å². The lowest BCUT2D eigenvalue weighted by molar-refractivity contribution is -0.384. The predicted octanol–water partition coefficient (Wildman–Crippen LogP) is 3.19. The molecule has 1 amide bonds. The van der Waals surface area contributed by atoms with E-state index in [2.05, 4.69) is 5.32 Å². The van der Waals surface area contributed by atoms with Gasteiger partial charge in [-0.1, -0.05) is 0 Å². The lowest BCUT2D eigenvalue weighted by Crippen LogP contribution is -2.21. The van der Waals surface area contributed by atoms with Crippen LogP contribution >= 0.6 is 0 Å². The first-order chi connectivity index (χ1) is 13.3. The highest BCUT2D eigenvalue weighted by atomic mass is 16.6.